The fourth-order valence-corrected chi connectivity index (χ4v) is 0.333. The molecule has 0 spiro atoms. The van der Waals surface area contributed by atoms with Crippen molar-refractivity contribution >= 4 is 14.8 Å². The van der Waals surface area contributed by atoms with Crippen LogP contribution in [0.4, 0.5) is 0 Å². The van der Waals surface area contributed by atoms with Crippen LogP contribution in [0.1, 0.15) is 0 Å². The first kappa shape index (κ1) is 5.54. The van der Waals surface area contributed by atoms with E-state index in [1.165, 1.54) is 0 Å². The third kappa shape index (κ3) is 1.42. The van der Waals surface area contributed by atoms with Crippen LogP contribution in [-0.4, -0.2) is 14.8 Å². The molecule has 0 N–H and O–H groups in total. The summed E-state index contributed by atoms with van der Waals surface area (Å²) in [6.45, 7) is 0. The second kappa shape index (κ2) is 2.76. The van der Waals surface area contributed by atoms with Gasteiger partial charge in [-0.05, 0) is 0 Å². The van der Waals surface area contributed by atoms with Gasteiger partial charge in [0.15, 0.2) is 0 Å². The average Bonchev–Trinajstić information content (AvgIpc) is 0.722. The Balaban J connectivity index is 0.000000160. The zero-order valence-corrected chi connectivity index (χ0v) is 5.53. The van der Waals surface area contributed by atoms with Crippen molar-refractivity contribution in [1.29, 1.82) is 0 Å². The van der Waals surface area contributed by atoms with E-state index < -0.39 is 0 Å². The van der Waals surface area contributed by atoms with E-state index in [9.17, 15) is 0 Å². The molecule has 1 aliphatic rings. The maximum absolute atomic E-state index is 2.21. The molecular weight excluding hydrogens is 112 g/mol. The smallest absolute Gasteiger partial charge is 0.0197 e. The largest absolute Gasteiger partial charge is 0.0809 e. The van der Waals surface area contributed by atoms with Gasteiger partial charge in [-0.15, -0.1) is 0 Å². The van der Waals surface area contributed by atoms with Crippen molar-refractivity contribution < 1.29 is 21.7 Å². The van der Waals surface area contributed by atoms with Crippen molar-refractivity contribution in [1.82, 2.24) is 0 Å². The summed E-state index contributed by atoms with van der Waals surface area (Å²) in [7, 11) is 0.657. The van der Waals surface area contributed by atoms with Gasteiger partial charge in [-0.2, -0.15) is 0 Å². The number of allylic oxidation sites excluding steroid dienone is 1. The molecule has 0 atom stereocenters. The van der Waals surface area contributed by atoms with E-state index in [1.807, 2.05) is 0 Å². The summed E-state index contributed by atoms with van der Waals surface area (Å²) in [5.74, 6) is 0. The van der Waals surface area contributed by atoms with Gasteiger partial charge in [-0.1, -0.05) is 17.4 Å². The van der Waals surface area contributed by atoms with Gasteiger partial charge in [0.1, 0.15) is 0 Å². The second-order valence-electron chi connectivity index (χ2n) is 0.770. The minimum Gasteiger partial charge on any atom is -0.0809 e. The minimum absolute atomic E-state index is 0. The molecule has 1 rings (SSSR count). The molecule has 0 unspecified atom stereocenters. The van der Waals surface area contributed by atoms with E-state index in [2.05, 4.69) is 17.4 Å². The molecule has 0 aromatic heterocycles. The van der Waals surface area contributed by atoms with Crippen LogP contribution in [-0.2, 0) is 21.7 Å². The summed E-state index contributed by atoms with van der Waals surface area (Å²) in [6.07, 6.45) is 2.09. The van der Waals surface area contributed by atoms with Crippen molar-refractivity contribution in [2.24, 2.45) is 0 Å². The molecule has 0 saturated heterocycles. The Hall–Kier alpha value is 0.541. The van der Waals surface area contributed by atoms with Crippen molar-refractivity contribution in [3.8, 4) is 0 Å². The maximum atomic E-state index is 2.21. The van der Waals surface area contributed by atoms with Crippen LogP contribution >= 0.6 is 0 Å². The molecule has 5 heavy (non-hydrogen) atoms. The Labute approximate surface area is 48.6 Å². The van der Waals surface area contributed by atoms with Gasteiger partial charge in [0, 0.05) is 30.8 Å². The molecule has 0 nitrogen and oxygen atoms in total. The van der Waals surface area contributed by atoms with Gasteiger partial charge < -0.3 is 0 Å². The molecule has 2 heteroatoms. The Bertz CT molecular complexity index is 47.3. The van der Waals surface area contributed by atoms with Gasteiger partial charge in [0.05, 0.1) is 0 Å². The quantitative estimate of drug-likeness (QED) is 0.383. The monoisotopic (exact) mass is 116 g/mol. The van der Waals surface area contributed by atoms with Gasteiger partial charge in [0.2, 0.25) is 0 Å². The molecule has 0 amide bonds. The normalized spacial score (nSPS) is 12.8. The first-order chi connectivity index (χ1) is 2.00. The van der Waals surface area contributed by atoms with E-state index in [0.29, 0.717) is 9.13 Å². The van der Waals surface area contributed by atoms with Gasteiger partial charge in [0.25, 0.3) is 0 Å². The SMILES string of the molecule is C1=C[SiH]=C1.[Ti]. The van der Waals surface area contributed by atoms with Crippen LogP contribution in [0.5, 0.6) is 0 Å². The standard InChI is InChI=1S/C3H4Si.Ti/c1-2-4-3-1;/h1-4H;. The first-order valence-electron chi connectivity index (χ1n) is 1.33. The fourth-order valence-electron chi connectivity index (χ4n) is 0.111. The molecule has 0 fully saturated rings. The topological polar surface area (TPSA) is 0 Å². The van der Waals surface area contributed by atoms with E-state index in [1.54, 1.807) is 0 Å². The number of hydrogen-bond donors (Lipinski definition) is 0. The second-order valence-corrected chi connectivity index (χ2v) is 1.92. The summed E-state index contributed by atoms with van der Waals surface area (Å²) in [5, 5.41) is 0. The van der Waals surface area contributed by atoms with Crippen molar-refractivity contribution in [3.63, 3.8) is 0 Å². The van der Waals surface area contributed by atoms with E-state index >= 15 is 0 Å². The predicted molar refractivity (Wildman–Crippen MR) is 22.4 cm³/mol. The summed E-state index contributed by atoms with van der Waals surface area (Å²) in [4.78, 5) is 0. The molecule has 1 aliphatic heterocycles. The van der Waals surface area contributed by atoms with Crippen molar-refractivity contribution in [3.05, 3.63) is 11.8 Å². The molecule has 0 aliphatic carbocycles. The molecule has 0 radical (unpaired) electrons. The van der Waals surface area contributed by atoms with E-state index in [-0.39, 0.29) is 21.7 Å². The van der Waals surface area contributed by atoms with Crippen LogP contribution in [0.15, 0.2) is 11.8 Å². The summed E-state index contributed by atoms with van der Waals surface area (Å²) in [5.41, 5.74) is 4.42. The predicted octanol–water partition coefficient (Wildman–Crippen LogP) is -0.250. The van der Waals surface area contributed by atoms with Gasteiger partial charge in [-0.3, -0.25) is 0 Å². The molecular formula is C3H4SiTi. The van der Waals surface area contributed by atoms with Crippen molar-refractivity contribution in [2.45, 2.75) is 0 Å². The van der Waals surface area contributed by atoms with Crippen LogP contribution in [0.2, 0.25) is 0 Å². The first-order valence-corrected chi connectivity index (χ1v) is 2.67. The molecule has 24 valence electrons. The molecule has 0 saturated carbocycles. The van der Waals surface area contributed by atoms with Crippen LogP contribution in [0.3, 0.4) is 0 Å². The Kier molecular flexibility index (Phi) is 3.06. The zero-order chi connectivity index (χ0) is 2.83. The Morgan fingerprint density at radius 3 is 1.60 bits per heavy atom. The summed E-state index contributed by atoms with van der Waals surface area (Å²) in [6, 6.07) is 0. The Morgan fingerprint density at radius 2 is 1.60 bits per heavy atom. The zero-order valence-electron chi connectivity index (χ0n) is 2.81. The van der Waals surface area contributed by atoms with E-state index in [0.717, 1.165) is 0 Å². The molecule has 0 aromatic rings. The van der Waals surface area contributed by atoms with Crippen LogP contribution < -0.4 is 0 Å². The van der Waals surface area contributed by atoms with E-state index in [4.69, 9.17) is 0 Å². The van der Waals surface area contributed by atoms with Crippen molar-refractivity contribution in [2.75, 3.05) is 0 Å². The van der Waals surface area contributed by atoms with Crippen LogP contribution in [0.25, 0.3) is 0 Å². The molecule has 0 bridgehead atoms. The van der Waals surface area contributed by atoms with Gasteiger partial charge in [-0.25, -0.2) is 0 Å². The summed E-state index contributed by atoms with van der Waals surface area (Å²) >= 11 is 0. The fraction of sp³-hybridized carbons (Fsp3) is 0. The average molecular weight is 116 g/mol. The molecule has 0 aromatic carbocycles. The summed E-state index contributed by atoms with van der Waals surface area (Å²) < 4.78 is 0. The number of hydrogen-bond acceptors (Lipinski definition) is 0. The third-order valence-corrected chi connectivity index (χ3v) is 1.33. The third-order valence-electron chi connectivity index (χ3n) is 0.444. The molecule has 1 heterocycles. The Morgan fingerprint density at radius 1 is 1.40 bits per heavy atom. The number of rotatable bonds is 0. The van der Waals surface area contributed by atoms with Gasteiger partial charge >= 0.3 is 0 Å². The van der Waals surface area contributed by atoms with Crippen LogP contribution in [0, 0.1) is 0 Å². The minimum atomic E-state index is 0. The maximum Gasteiger partial charge on any atom is 0.0197 e.